The average Bonchev–Trinajstić information content (AvgIpc) is 3.64. The molecule has 0 saturated heterocycles. The topological polar surface area (TPSA) is 100 Å². The number of pyridine rings is 1. The van der Waals surface area contributed by atoms with Crippen LogP contribution in [-0.4, -0.2) is 44.6 Å². The zero-order valence-corrected chi connectivity index (χ0v) is 20.9. The van der Waals surface area contributed by atoms with Gasteiger partial charge in [-0.2, -0.15) is 5.10 Å². The molecule has 5 rings (SSSR count). The number of nitrogens with one attached hydrogen (secondary N) is 2. The summed E-state index contributed by atoms with van der Waals surface area (Å²) in [5, 5.41) is 10.5. The third-order valence-electron chi connectivity index (χ3n) is 7.45. The minimum atomic E-state index is -0.515. The lowest BCUT2D eigenvalue weighted by Gasteiger charge is -2.25. The van der Waals surface area contributed by atoms with Crippen molar-refractivity contribution in [2.24, 2.45) is 0 Å². The molecule has 2 saturated carbocycles. The van der Waals surface area contributed by atoms with Crippen LogP contribution in [0.2, 0.25) is 0 Å². The zero-order valence-electron chi connectivity index (χ0n) is 20.9. The van der Waals surface area contributed by atoms with Crippen molar-refractivity contribution < 1.29 is 9.59 Å². The van der Waals surface area contributed by atoms with Crippen molar-refractivity contribution in [2.45, 2.75) is 70.0 Å². The van der Waals surface area contributed by atoms with E-state index in [1.807, 2.05) is 47.9 Å². The molecule has 2 aliphatic rings. The molecule has 188 valence electrons. The molecule has 2 N–H and O–H groups in total. The molecule has 1 aromatic carbocycles. The molecular formula is C28H33N5O3. The van der Waals surface area contributed by atoms with Crippen LogP contribution in [0.4, 0.5) is 0 Å². The number of benzene rings is 1. The lowest BCUT2D eigenvalue weighted by atomic mass is 9.95. The first kappa shape index (κ1) is 24.0. The average molecular weight is 488 g/mol. The summed E-state index contributed by atoms with van der Waals surface area (Å²) in [5.41, 5.74) is 2.08. The van der Waals surface area contributed by atoms with Gasteiger partial charge in [0.05, 0.1) is 17.4 Å². The maximum atomic E-state index is 13.6. The minimum absolute atomic E-state index is 0.0235. The van der Waals surface area contributed by atoms with Crippen molar-refractivity contribution in [1.82, 2.24) is 25.0 Å². The van der Waals surface area contributed by atoms with Gasteiger partial charge < -0.3 is 14.8 Å². The van der Waals surface area contributed by atoms with E-state index in [1.54, 1.807) is 19.4 Å². The van der Waals surface area contributed by atoms with E-state index >= 15 is 0 Å². The second-order valence-electron chi connectivity index (χ2n) is 10.1. The van der Waals surface area contributed by atoms with Crippen LogP contribution in [0, 0.1) is 0 Å². The van der Waals surface area contributed by atoms with Gasteiger partial charge in [-0.3, -0.25) is 19.5 Å². The fraction of sp³-hybridized carbons (Fsp3) is 0.429. The highest BCUT2D eigenvalue weighted by molar-refractivity contribution is 5.99. The molecule has 1 atom stereocenters. The predicted octanol–water partition coefficient (Wildman–Crippen LogP) is 4.47. The first-order valence-electron chi connectivity index (χ1n) is 12.9. The smallest absolute Gasteiger partial charge is 0.259 e. The van der Waals surface area contributed by atoms with Gasteiger partial charge in [-0.15, -0.1) is 0 Å². The lowest BCUT2D eigenvalue weighted by molar-refractivity contribution is 0.0737. The van der Waals surface area contributed by atoms with E-state index in [4.69, 9.17) is 0 Å². The summed E-state index contributed by atoms with van der Waals surface area (Å²) >= 11 is 0. The Morgan fingerprint density at radius 1 is 1.06 bits per heavy atom. The number of rotatable bonds is 7. The second kappa shape index (κ2) is 10.1. The van der Waals surface area contributed by atoms with E-state index in [-0.39, 0.29) is 35.2 Å². The van der Waals surface area contributed by atoms with Gasteiger partial charge in [0, 0.05) is 37.1 Å². The minimum Gasteiger partial charge on any atom is -0.349 e. The van der Waals surface area contributed by atoms with Crippen LogP contribution in [0.5, 0.6) is 0 Å². The summed E-state index contributed by atoms with van der Waals surface area (Å²) in [4.78, 5) is 41.6. The zero-order chi connectivity index (χ0) is 25.2. The number of H-pyrrole nitrogens is 1. The number of hydrogen-bond donors (Lipinski definition) is 2. The normalized spacial score (nSPS) is 16.9. The summed E-state index contributed by atoms with van der Waals surface area (Å²) in [6.45, 7) is 1.89. The Morgan fingerprint density at radius 2 is 1.75 bits per heavy atom. The predicted molar refractivity (Wildman–Crippen MR) is 138 cm³/mol. The van der Waals surface area contributed by atoms with Crippen molar-refractivity contribution in [2.75, 3.05) is 7.05 Å². The van der Waals surface area contributed by atoms with Crippen molar-refractivity contribution in [1.29, 1.82) is 0 Å². The van der Waals surface area contributed by atoms with Crippen LogP contribution in [-0.2, 0) is 0 Å². The van der Waals surface area contributed by atoms with Crippen molar-refractivity contribution in [3.63, 3.8) is 0 Å². The summed E-state index contributed by atoms with van der Waals surface area (Å²) < 4.78 is 1.87. The van der Waals surface area contributed by atoms with Gasteiger partial charge in [-0.25, -0.2) is 0 Å². The van der Waals surface area contributed by atoms with E-state index < -0.39 is 11.3 Å². The Kier molecular flexibility index (Phi) is 6.76. The van der Waals surface area contributed by atoms with Gasteiger partial charge in [0.2, 0.25) is 5.43 Å². The van der Waals surface area contributed by atoms with E-state index in [0.717, 1.165) is 55.5 Å². The quantitative estimate of drug-likeness (QED) is 0.514. The van der Waals surface area contributed by atoms with Gasteiger partial charge >= 0.3 is 0 Å². The fourth-order valence-electron chi connectivity index (χ4n) is 4.89. The molecule has 8 heteroatoms. The Bertz CT molecular complexity index is 1300. The number of carbonyl (C=O) groups excluding carboxylic acids is 2. The van der Waals surface area contributed by atoms with Crippen LogP contribution in [0.1, 0.15) is 90.4 Å². The standard InChI is InChI=1S/C28H33N5O3/c1-18(24-15-25(31-30-24)19-9-5-3-6-10-19)32(2)28(36)23-17-33(21-13-14-21)16-22(26(23)34)27(35)29-20-11-7-4-8-12-20/h3,5-6,9-10,15-18,20-21H,4,7-8,11-14H2,1-2H3,(H,29,35)(H,30,31)/t18-/m1/s1. The van der Waals surface area contributed by atoms with Crippen molar-refractivity contribution >= 4 is 11.8 Å². The monoisotopic (exact) mass is 487 g/mol. The fourth-order valence-corrected chi connectivity index (χ4v) is 4.89. The van der Waals surface area contributed by atoms with E-state index in [2.05, 4.69) is 15.5 Å². The number of hydrogen-bond acceptors (Lipinski definition) is 4. The molecule has 2 fully saturated rings. The molecule has 36 heavy (non-hydrogen) atoms. The van der Waals surface area contributed by atoms with E-state index in [0.29, 0.717) is 0 Å². The molecule has 0 bridgehead atoms. The summed E-state index contributed by atoms with van der Waals surface area (Å²) in [5.74, 6) is -0.794. The van der Waals surface area contributed by atoms with Crippen LogP contribution >= 0.6 is 0 Å². The van der Waals surface area contributed by atoms with Gasteiger partial charge in [-0.1, -0.05) is 49.6 Å². The number of aromatic nitrogens is 3. The maximum absolute atomic E-state index is 13.6. The summed E-state index contributed by atoms with van der Waals surface area (Å²) in [6, 6.07) is 11.7. The highest BCUT2D eigenvalue weighted by Gasteiger charge is 2.30. The first-order chi connectivity index (χ1) is 17.4. The van der Waals surface area contributed by atoms with Gasteiger partial charge in [-0.05, 0) is 38.7 Å². The molecule has 0 aliphatic heterocycles. The number of amides is 2. The van der Waals surface area contributed by atoms with Crippen LogP contribution < -0.4 is 10.7 Å². The highest BCUT2D eigenvalue weighted by Crippen LogP contribution is 2.35. The molecule has 2 aromatic heterocycles. The van der Waals surface area contributed by atoms with Gasteiger partial charge in [0.25, 0.3) is 11.8 Å². The molecule has 2 heterocycles. The Morgan fingerprint density at radius 3 is 2.44 bits per heavy atom. The van der Waals surface area contributed by atoms with Crippen LogP contribution in [0.15, 0.2) is 53.6 Å². The van der Waals surface area contributed by atoms with Crippen molar-refractivity contribution in [3.8, 4) is 11.3 Å². The van der Waals surface area contributed by atoms with E-state index in [9.17, 15) is 14.4 Å². The molecule has 0 unspecified atom stereocenters. The third-order valence-corrected chi connectivity index (χ3v) is 7.45. The van der Waals surface area contributed by atoms with Gasteiger partial charge in [0.1, 0.15) is 11.1 Å². The highest BCUT2D eigenvalue weighted by atomic mass is 16.2. The largest absolute Gasteiger partial charge is 0.349 e. The third kappa shape index (κ3) is 4.98. The van der Waals surface area contributed by atoms with Gasteiger partial charge in [0.15, 0.2) is 0 Å². The molecule has 0 radical (unpaired) electrons. The summed E-state index contributed by atoms with van der Waals surface area (Å²) in [7, 11) is 1.67. The van der Waals surface area contributed by atoms with Crippen molar-refractivity contribution in [3.05, 3.63) is 75.8 Å². The summed E-state index contributed by atoms with van der Waals surface area (Å²) in [6.07, 6.45) is 10.4. The molecule has 0 spiro atoms. The second-order valence-corrected chi connectivity index (χ2v) is 10.1. The Balaban J connectivity index is 1.40. The number of carbonyl (C=O) groups is 2. The molecule has 2 aliphatic carbocycles. The SMILES string of the molecule is C[C@H](c1cc(-c2ccccc2)n[nH]1)N(C)C(=O)c1cn(C2CC2)cc(C(=O)NC2CCCCC2)c1=O. The maximum Gasteiger partial charge on any atom is 0.259 e. The van der Waals surface area contributed by atoms with Crippen LogP contribution in [0.3, 0.4) is 0 Å². The van der Waals surface area contributed by atoms with E-state index in [1.165, 1.54) is 11.3 Å². The number of nitrogens with zero attached hydrogens (tertiary/aromatic N) is 3. The van der Waals surface area contributed by atoms with Crippen LogP contribution in [0.25, 0.3) is 11.3 Å². The lowest BCUT2D eigenvalue weighted by Crippen LogP contribution is -2.41. The molecule has 2 amide bonds. The first-order valence-corrected chi connectivity index (χ1v) is 12.9. The molecule has 8 nitrogen and oxygen atoms in total. The Labute approximate surface area is 210 Å². The number of aromatic amines is 1. The Hall–Kier alpha value is -3.68. The molecule has 3 aromatic rings. The molecular weight excluding hydrogens is 454 g/mol.